The number of carbonyl (C=O) groups excluding carboxylic acids is 1. The molecular weight excluding hydrogens is 322 g/mol. The van der Waals surface area contributed by atoms with Crippen molar-refractivity contribution >= 4 is 28.5 Å². The molecule has 0 aliphatic heterocycles. The molecule has 0 spiro atoms. The summed E-state index contributed by atoms with van der Waals surface area (Å²) in [5.74, 6) is -0.122. The Morgan fingerprint density at radius 1 is 1.12 bits per heavy atom. The Bertz CT molecular complexity index is 871. The number of carbonyl (C=O) groups is 1. The fourth-order valence-corrected chi connectivity index (χ4v) is 3.18. The maximum atomic E-state index is 12.5. The van der Waals surface area contributed by atoms with Crippen LogP contribution in [0.2, 0.25) is 5.28 Å². The number of amides is 1. The number of nitrogens with zero attached hydrogens (tertiary/aromatic N) is 2. The second-order valence-electron chi connectivity index (χ2n) is 6.15. The molecule has 124 valence electrons. The van der Waals surface area contributed by atoms with Crippen LogP contribution in [0.3, 0.4) is 0 Å². The Hall–Kier alpha value is -2.33. The summed E-state index contributed by atoms with van der Waals surface area (Å²) in [6, 6.07) is 15.5. The fraction of sp³-hybridized carbons (Fsp3) is 0.263. The average molecular weight is 342 g/mol. The number of hydrogen-bond acceptors (Lipinski definition) is 2. The minimum absolute atomic E-state index is 0.0637. The summed E-state index contributed by atoms with van der Waals surface area (Å²) >= 11 is 6.21. The van der Waals surface area contributed by atoms with Gasteiger partial charge in [0.05, 0.1) is 17.1 Å². The van der Waals surface area contributed by atoms with E-state index in [1.54, 1.807) is 6.07 Å². The van der Waals surface area contributed by atoms with Gasteiger partial charge < -0.3 is 9.88 Å². The molecule has 1 N–H and O–H groups in total. The van der Waals surface area contributed by atoms with E-state index in [0.29, 0.717) is 10.8 Å². The molecule has 1 unspecified atom stereocenters. The summed E-state index contributed by atoms with van der Waals surface area (Å²) in [6.45, 7) is 6.07. The van der Waals surface area contributed by atoms with Gasteiger partial charge in [0, 0.05) is 11.6 Å². The number of fused-ring (bicyclic) bond motifs is 1. The molecule has 2 aromatic carbocycles. The summed E-state index contributed by atoms with van der Waals surface area (Å²) in [7, 11) is 0. The van der Waals surface area contributed by atoms with Crippen LogP contribution in [0.25, 0.3) is 11.0 Å². The van der Waals surface area contributed by atoms with Gasteiger partial charge in [-0.15, -0.1) is 0 Å². The number of rotatable bonds is 4. The molecule has 4 nitrogen and oxygen atoms in total. The van der Waals surface area contributed by atoms with Crippen molar-refractivity contribution in [2.24, 2.45) is 0 Å². The number of aromatic nitrogens is 2. The fourth-order valence-electron chi connectivity index (χ4n) is 2.81. The average Bonchev–Trinajstić information content (AvgIpc) is 2.90. The van der Waals surface area contributed by atoms with E-state index in [1.807, 2.05) is 54.0 Å². The minimum atomic E-state index is -0.122. The van der Waals surface area contributed by atoms with Crippen molar-refractivity contribution in [1.82, 2.24) is 14.9 Å². The van der Waals surface area contributed by atoms with Crippen LogP contribution in [-0.2, 0) is 0 Å². The third-order valence-electron chi connectivity index (χ3n) is 4.07. The molecule has 1 heterocycles. The van der Waals surface area contributed by atoms with Crippen LogP contribution >= 0.6 is 11.6 Å². The van der Waals surface area contributed by atoms with Crippen molar-refractivity contribution < 1.29 is 4.79 Å². The lowest BCUT2D eigenvalue weighted by atomic mass is 10.1. The predicted molar refractivity (Wildman–Crippen MR) is 97.5 cm³/mol. The molecule has 0 fully saturated rings. The van der Waals surface area contributed by atoms with E-state index in [4.69, 9.17) is 11.6 Å². The van der Waals surface area contributed by atoms with Gasteiger partial charge >= 0.3 is 0 Å². The van der Waals surface area contributed by atoms with Gasteiger partial charge in [-0.25, -0.2) is 4.98 Å². The van der Waals surface area contributed by atoms with E-state index in [1.165, 1.54) is 0 Å². The molecule has 1 atom stereocenters. The van der Waals surface area contributed by atoms with Crippen LogP contribution < -0.4 is 5.32 Å². The minimum Gasteiger partial charge on any atom is -0.346 e. The summed E-state index contributed by atoms with van der Waals surface area (Å²) in [5.41, 5.74) is 3.31. The lowest BCUT2D eigenvalue weighted by molar-refractivity contribution is 0.0940. The van der Waals surface area contributed by atoms with Crippen molar-refractivity contribution in [3.05, 3.63) is 64.9 Å². The third kappa shape index (κ3) is 3.15. The van der Waals surface area contributed by atoms with E-state index in [2.05, 4.69) is 24.1 Å². The predicted octanol–water partition coefficient (Wildman–Crippen LogP) is 4.76. The molecule has 0 aliphatic rings. The van der Waals surface area contributed by atoms with Gasteiger partial charge in [-0.05, 0) is 56.1 Å². The monoisotopic (exact) mass is 341 g/mol. The van der Waals surface area contributed by atoms with Crippen LogP contribution in [0.1, 0.15) is 48.8 Å². The van der Waals surface area contributed by atoms with Crippen molar-refractivity contribution in [2.45, 2.75) is 32.9 Å². The first-order valence-corrected chi connectivity index (χ1v) is 8.38. The van der Waals surface area contributed by atoms with Crippen molar-refractivity contribution in [1.29, 1.82) is 0 Å². The molecular formula is C19H20ClN3O. The number of nitrogens with one attached hydrogen (secondary N) is 1. The van der Waals surface area contributed by atoms with E-state index >= 15 is 0 Å². The molecule has 1 aromatic heterocycles. The van der Waals surface area contributed by atoms with Crippen LogP contribution in [0.5, 0.6) is 0 Å². The highest BCUT2D eigenvalue weighted by Gasteiger charge is 2.15. The molecule has 1 amide bonds. The first-order valence-electron chi connectivity index (χ1n) is 8.00. The highest BCUT2D eigenvalue weighted by atomic mass is 35.5. The second-order valence-corrected chi connectivity index (χ2v) is 6.49. The SMILES string of the molecule is CC(NC(=O)c1ccc2c(c1)nc(Cl)n2C(C)C)c1ccccc1. The van der Waals surface area contributed by atoms with E-state index in [9.17, 15) is 4.79 Å². The summed E-state index contributed by atoms with van der Waals surface area (Å²) in [4.78, 5) is 16.9. The Morgan fingerprint density at radius 3 is 2.50 bits per heavy atom. The van der Waals surface area contributed by atoms with Gasteiger partial charge in [0.2, 0.25) is 5.28 Å². The smallest absolute Gasteiger partial charge is 0.251 e. The lowest BCUT2D eigenvalue weighted by Crippen LogP contribution is -2.26. The van der Waals surface area contributed by atoms with E-state index in [0.717, 1.165) is 16.6 Å². The topological polar surface area (TPSA) is 46.9 Å². The van der Waals surface area contributed by atoms with Gasteiger partial charge in [0.15, 0.2) is 0 Å². The van der Waals surface area contributed by atoms with Crippen LogP contribution in [0.4, 0.5) is 0 Å². The largest absolute Gasteiger partial charge is 0.346 e. The molecule has 0 aliphatic carbocycles. The molecule has 3 aromatic rings. The van der Waals surface area contributed by atoms with Crippen LogP contribution in [-0.4, -0.2) is 15.5 Å². The molecule has 0 saturated carbocycles. The van der Waals surface area contributed by atoms with Crippen molar-refractivity contribution in [3.8, 4) is 0 Å². The van der Waals surface area contributed by atoms with Gasteiger partial charge in [0.1, 0.15) is 0 Å². The lowest BCUT2D eigenvalue weighted by Gasteiger charge is -2.14. The maximum absolute atomic E-state index is 12.5. The molecule has 5 heteroatoms. The summed E-state index contributed by atoms with van der Waals surface area (Å²) < 4.78 is 1.95. The zero-order chi connectivity index (χ0) is 17.3. The first-order chi connectivity index (χ1) is 11.5. The van der Waals surface area contributed by atoms with E-state index in [-0.39, 0.29) is 18.0 Å². The Balaban J connectivity index is 1.85. The van der Waals surface area contributed by atoms with Crippen LogP contribution in [0.15, 0.2) is 48.5 Å². The van der Waals surface area contributed by atoms with Gasteiger partial charge in [0.25, 0.3) is 5.91 Å². The molecule has 0 bridgehead atoms. The summed E-state index contributed by atoms with van der Waals surface area (Å²) in [6.07, 6.45) is 0. The Kier molecular flexibility index (Phi) is 4.58. The Morgan fingerprint density at radius 2 is 1.83 bits per heavy atom. The van der Waals surface area contributed by atoms with Gasteiger partial charge in [-0.1, -0.05) is 30.3 Å². The molecule has 0 saturated heterocycles. The number of hydrogen-bond donors (Lipinski definition) is 1. The summed E-state index contributed by atoms with van der Waals surface area (Å²) in [5, 5.41) is 3.45. The standard InChI is InChI=1S/C19H20ClN3O/c1-12(2)23-17-10-9-15(11-16(17)22-19(23)20)18(24)21-13(3)14-7-5-4-6-8-14/h4-13H,1-3H3,(H,21,24). The number of imidazole rings is 1. The zero-order valence-corrected chi connectivity index (χ0v) is 14.7. The highest BCUT2D eigenvalue weighted by Crippen LogP contribution is 2.25. The van der Waals surface area contributed by atoms with Crippen molar-refractivity contribution in [2.75, 3.05) is 0 Å². The Labute approximate surface area is 146 Å². The maximum Gasteiger partial charge on any atom is 0.251 e. The normalized spacial score (nSPS) is 12.5. The van der Waals surface area contributed by atoms with Crippen LogP contribution in [0, 0.1) is 0 Å². The number of halogens is 1. The molecule has 0 radical (unpaired) electrons. The van der Waals surface area contributed by atoms with Gasteiger partial charge in [-0.3, -0.25) is 4.79 Å². The van der Waals surface area contributed by atoms with E-state index < -0.39 is 0 Å². The number of benzene rings is 2. The molecule has 3 rings (SSSR count). The first kappa shape index (κ1) is 16.5. The highest BCUT2D eigenvalue weighted by molar-refractivity contribution is 6.29. The second kappa shape index (κ2) is 6.65. The third-order valence-corrected chi connectivity index (χ3v) is 4.34. The van der Waals surface area contributed by atoms with Crippen molar-refractivity contribution in [3.63, 3.8) is 0 Å². The zero-order valence-electron chi connectivity index (χ0n) is 14.0. The quantitative estimate of drug-likeness (QED) is 0.743. The molecule has 24 heavy (non-hydrogen) atoms. The van der Waals surface area contributed by atoms with Gasteiger partial charge in [-0.2, -0.15) is 0 Å².